The molecule has 3 nitrogen and oxygen atoms in total. The third kappa shape index (κ3) is 3.77. The Morgan fingerprint density at radius 3 is 2.29 bits per heavy atom. The molecule has 0 aromatic carbocycles. The molecule has 0 bridgehead atoms. The van der Waals surface area contributed by atoms with Crippen LogP contribution in [-0.2, 0) is 10.0 Å². The van der Waals surface area contributed by atoms with Crippen molar-refractivity contribution in [1.82, 2.24) is 4.31 Å². The van der Waals surface area contributed by atoms with Gasteiger partial charge in [-0.1, -0.05) is 20.8 Å². The Labute approximate surface area is 116 Å². The lowest BCUT2D eigenvalue weighted by Gasteiger charge is -2.25. The first-order chi connectivity index (χ1) is 7.54. The van der Waals surface area contributed by atoms with Gasteiger partial charge in [-0.3, -0.25) is 0 Å². The smallest absolute Gasteiger partial charge is 0.206 e. The number of hydrogen-bond acceptors (Lipinski definition) is 3. The maximum atomic E-state index is 12.3. The highest BCUT2D eigenvalue weighted by Crippen LogP contribution is 2.32. The quantitative estimate of drug-likeness (QED) is 0.845. The molecule has 0 fully saturated rings. The fourth-order valence-electron chi connectivity index (χ4n) is 1.47. The van der Waals surface area contributed by atoms with Gasteiger partial charge in [-0.2, -0.15) is 4.31 Å². The first-order valence-electron chi connectivity index (χ1n) is 5.26. The zero-order chi connectivity index (χ0) is 13.4. The topological polar surface area (TPSA) is 37.4 Å². The second-order valence-electron chi connectivity index (χ2n) is 5.34. The zero-order valence-electron chi connectivity index (χ0n) is 10.7. The lowest BCUT2D eigenvalue weighted by molar-refractivity contribution is 0.311. The lowest BCUT2D eigenvalue weighted by Crippen LogP contribution is -2.34. The molecule has 1 heterocycles. The van der Waals surface area contributed by atoms with Gasteiger partial charge in [0, 0.05) is 13.6 Å². The molecule has 1 aromatic heterocycles. The van der Waals surface area contributed by atoms with E-state index in [1.54, 1.807) is 13.1 Å². The molecule has 0 amide bonds. The van der Waals surface area contributed by atoms with E-state index in [1.165, 1.54) is 15.6 Å². The van der Waals surface area contributed by atoms with Crippen molar-refractivity contribution in [2.45, 2.75) is 31.9 Å². The maximum absolute atomic E-state index is 12.3. The summed E-state index contributed by atoms with van der Waals surface area (Å²) in [4.78, 5) is 0. The summed E-state index contributed by atoms with van der Waals surface area (Å²) in [7, 11) is -1.72. The van der Waals surface area contributed by atoms with Gasteiger partial charge >= 0.3 is 0 Å². The Bertz CT molecular complexity index is 481. The van der Waals surface area contributed by atoms with Gasteiger partial charge in [0.2, 0.25) is 0 Å². The molecule has 1 rings (SSSR count). The molecule has 0 aliphatic carbocycles. The molecule has 17 heavy (non-hydrogen) atoms. The van der Waals surface area contributed by atoms with Crippen LogP contribution in [0.25, 0.3) is 0 Å². The van der Waals surface area contributed by atoms with Crippen LogP contribution in [0.15, 0.2) is 14.1 Å². The number of hydrogen-bond donors (Lipinski definition) is 0. The van der Waals surface area contributed by atoms with Crippen LogP contribution in [0.5, 0.6) is 0 Å². The number of rotatable bonds is 3. The minimum absolute atomic E-state index is 0.0502. The van der Waals surface area contributed by atoms with Gasteiger partial charge in [0.05, 0.1) is 3.79 Å². The van der Waals surface area contributed by atoms with Crippen molar-refractivity contribution >= 4 is 37.3 Å². The first kappa shape index (κ1) is 15.1. The van der Waals surface area contributed by atoms with Crippen molar-refractivity contribution in [2.75, 3.05) is 13.6 Å². The van der Waals surface area contributed by atoms with Gasteiger partial charge in [-0.05, 0) is 39.9 Å². The van der Waals surface area contributed by atoms with Gasteiger partial charge in [-0.15, -0.1) is 11.3 Å². The average Bonchev–Trinajstić information content (AvgIpc) is 2.44. The normalized spacial score (nSPS) is 13.4. The summed E-state index contributed by atoms with van der Waals surface area (Å²) in [6.45, 7) is 8.46. The fraction of sp³-hybridized carbons (Fsp3) is 0.636. The Kier molecular flexibility index (Phi) is 4.45. The highest BCUT2D eigenvalue weighted by Gasteiger charge is 2.27. The molecule has 0 saturated heterocycles. The van der Waals surface area contributed by atoms with E-state index < -0.39 is 10.0 Å². The van der Waals surface area contributed by atoms with Crippen molar-refractivity contribution in [1.29, 1.82) is 0 Å². The van der Waals surface area contributed by atoms with Gasteiger partial charge in [0.15, 0.2) is 0 Å². The Hall–Kier alpha value is 0.0900. The Morgan fingerprint density at radius 2 is 1.94 bits per heavy atom. The number of thiophene rings is 1. The summed E-state index contributed by atoms with van der Waals surface area (Å²) < 4.78 is 27.3. The second-order valence-corrected chi connectivity index (χ2v) is 9.99. The molecule has 1 aromatic rings. The van der Waals surface area contributed by atoms with E-state index in [9.17, 15) is 8.42 Å². The van der Waals surface area contributed by atoms with E-state index in [0.717, 1.165) is 9.35 Å². The third-order valence-electron chi connectivity index (χ3n) is 2.20. The molecule has 0 aliphatic heterocycles. The number of halogens is 1. The Balaban J connectivity index is 3.03. The summed E-state index contributed by atoms with van der Waals surface area (Å²) in [6, 6.07) is 1.71. The molecule has 0 unspecified atom stereocenters. The molecule has 6 heteroatoms. The number of nitrogens with zero attached hydrogens (tertiary/aromatic N) is 1. The summed E-state index contributed by atoms with van der Waals surface area (Å²) in [5.74, 6) is 0. The van der Waals surface area contributed by atoms with Crippen LogP contribution in [-0.4, -0.2) is 26.3 Å². The zero-order valence-corrected chi connectivity index (χ0v) is 14.0. The van der Waals surface area contributed by atoms with Crippen molar-refractivity contribution < 1.29 is 8.42 Å². The van der Waals surface area contributed by atoms with E-state index in [4.69, 9.17) is 0 Å². The minimum atomic E-state index is -3.35. The van der Waals surface area contributed by atoms with Crippen molar-refractivity contribution in [3.05, 3.63) is 15.4 Å². The number of aryl methyl sites for hydroxylation is 1. The minimum Gasteiger partial charge on any atom is -0.206 e. The molecule has 0 N–H and O–H groups in total. The van der Waals surface area contributed by atoms with Crippen LogP contribution in [0.3, 0.4) is 0 Å². The standard InChI is InChI=1S/C11H18BrNO2S2/c1-8-6-9(16-10(8)12)17(14,15)13(5)7-11(2,3)4/h6H,7H2,1-5H3. The summed E-state index contributed by atoms with van der Waals surface area (Å²) in [5.41, 5.74) is 0.906. The van der Waals surface area contributed by atoms with Crippen molar-refractivity contribution in [2.24, 2.45) is 5.41 Å². The number of sulfonamides is 1. The molecule has 0 radical (unpaired) electrons. The van der Waals surface area contributed by atoms with E-state index in [2.05, 4.69) is 15.9 Å². The predicted octanol–water partition coefficient (Wildman–Crippen LogP) is 3.49. The summed E-state index contributed by atoms with van der Waals surface area (Å²) in [5, 5.41) is 0. The van der Waals surface area contributed by atoms with Crippen LogP contribution in [0.2, 0.25) is 0 Å². The third-order valence-corrected chi connectivity index (χ3v) is 6.59. The van der Waals surface area contributed by atoms with Gasteiger partial charge < -0.3 is 0 Å². The van der Waals surface area contributed by atoms with Crippen LogP contribution < -0.4 is 0 Å². The van der Waals surface area contributed by atoms with Gasteiger partial charge in [0.1, 0.15) is 4.21 Å². The molecule has 0 aliphatic rings. The lowest BCUT2D eigenvalue weighted by atomic mass is 9.97. The monoisotopic (exact) mass is 339 g/mol. The fourth-order valence-corrected chi connectivity index (χ4v) is 5.30. The molecule has 98 valence electrons. The Morgan fingerprint density at radius 1 is 1.41 bits per heavy atom. The highest BCUT2D eigenvalue weighted by atomic mass is 79.9. The van der Waals surface area contributed by atoms with Gasteiger partial charge in [-0.25, -0.2) is 8.42 Å². The predicted molar refractivity (Wildman–Crippen MR) is 76.0 cm³/mol. The van der Waals surface area contributed by atoms with E-state index >= 15 is 0 Å². The van der Waals surface area contributed by atoms with Gasteiger partial charge in [0.25, 0.3) is 10.0 Å². The van der Waals surface area contributed by atoms with Crippen LogP contribution in [0.1, 0.15) is 26.3 Å². The maximum Gasteiger partial charge on any atom is 0.252 e. The molecule has 0 spiro atoms. The largest absolute Gasteiger partial charge is 0.252 e. The average molecular weight is 340 g/mol. The molecule has 0 atom stereocenters. The molecular formula is C11H18BrNO2S2. The highest BCUT2D eigenvalue weighted by molar-refractivity contribution is 9.11. The summed E-state index contributed by atoms with van der Waals surface area (Å²) in [6.07, 6.45) is 0. The van der Waals surface area contributed by atoms with Crippen LogP contribution in [0, 0.1) is 12.3 Å². The van der Waals surface area contributed by atoms with Crippen molar-refractivity contribution in [3.63, 3.8) is 0 Å². The SMILES string of the molecule is Cc1cc(S(=O)(=O)N(C)CC(C)(C)C)sc1Br. The second kappa shape index (κ2) is 4.99. The molecular weight excluding hydrogens is 322 g/mol. The van der Waals surface area contributed by atoms with Crippen LogP contribution in [0.4, 0.5) is 0 Å². The van der Waals surface area contributed by atoms with Crippen LogP contribution >= 0.6 is 27.3 Å². The van der Waals surface area contributed by atoms with E-state index in [1.807, 2.05) is 27.7 Å². The van der Waals surface area contributed by atoms with E-state index in [-0.39, 0.29) is 5.41 Å². The van der Waals surface area contributed by atoms with E-state index in [0.29, 0.717) is 10.8 Å². The van der Waals surface area contributed by atoms with Crippen molar-refractivity contribution in [3.8, 4) is 0 Å². The first-order valence-corrected chi connectivity index (χ1v) is 8.31. The molecule has 0 saturated carbocycles. The summed E-state index contributed by atoms with van der Waals surface area (Å²) >= 11 is 4.62.